The Morgan fingerprint density at radius 2 is 1.44 bits per heavy atom. The zero-order chi connectivity index (χ0) is 17.7. The highest BCUT2D eigenvalue weighted by atomic mass is 16.2. The number of nitrogens with one attached hydrogen (secondary N) is 3. The third kappa shape index (κ3) is 2.19. The standard InChI is InChI=1S/C17H9N3O5/c21-13(7-4-5-8-10(6-7)16(24)19-14(8)22)18-11-3-1-2-9-12(11)17(25)20-15(9)23/h1-6H,(H,18,21)(H,19,22,24)(H,20,23,25). The summed E-state index contributed by atoms with van der Waals surface area (Å²) in [6.07, 6.45) is 0. The topological polar surface area (TPSA) is 121 Å². The van der Waals surface area contributed by atoms with E-state index in [9.17, 15) is 24.0 Å². The molecule has 0 unspecified atom stereocenters. The number of hydrogen-bond donors (Lipinski definition) is 3. The van der Waals surface area contributed by atoms with E-state index < -0.39 is 29.5 Å². The molecule has 3 N–H and O–H groups in total. The summed E-state index contributed by atoms with van der Waals surface area (Å²) in [7, 11) is 0. The average Bonchev–Trinajstić information content (AvgIpc) is 3.04. The summed E-state index contributed by atoms with van der Waals surface area (Å²) in [5, 5.41) is 6.86. The lowest BCUT2D eigenvalue weighted by molar-refractivity contribution is 0.0863. The van der Waals surface area contributed by atoms with E-state index in [0.29, 0.717) is 0 Å². The first-order chi connectivity index (χ1) is 12.0. The van der Waals surface area contributed by atoms with Gasteiger partial charge in [0.25, 0.3) is 29.5 Å². The zero-order valence-electron chi connectivity index (χ0n) is 12.5. The van der Waals surface area contributed by atoms with E-state index in [1.807, 2.05) is 0 Å². The maximum Gasteiger partial charge on any atom is 0.261 e. The molecule has 2 heterocycles. The Labute approximate surface area is 140 Å². The van der Waals surface area contributed by atoms with Crippen LogP contribution in [0.25, 0.3) is 0 Å². The monoisotopic (exact) mass is 335 g/mol. The molecule has 0 atom stereocenters. The third-order valence-electron chi connectivity index (χ3n) is 4.01. The van der Waals surface area contributed by atoms with Gasteiger partial charge in [0.2, 0.25) is 0 Å². The number of anilines is 1. The molecule has 0 aliphatic carbocycles. The number of fused-ring (bicyclic) bond motifs is 2. The van der Waals surface area contributed by atoms with Crippen molar-refractivity contribution in [1.82, 2.24) is 10.6 Å². The van der Waals surface area contributed by atoms with Crippen LogP contribution in [0.15, 0.2) is 36.4 Å². The summed E-state index contributed by atoms with van der Waals surface area (Å²) in [6.45, 7) is 0. The Hall–Kier alpha value is -3.81. The van der Waals surface area contributed by atoms with Gasteiger partial charge in [-0.3, -0.25) is 34.6 Å². The Balaban J connectivity index is 1.68. The molecule has 0 radical (unpaired) electrons. The van der Waals surface area contributed by atoms with Gasteiger partial charge in [0.1, 0.15) is 0 Å². The van der Waals surface area contributed by atoms with Crippen molar-refractivity contribution in [3.63, 3.8) is 0 Å². The molecule has 2 aliphatic rings. The van der Waals surface area contributed by atoms with Gasteiger partial charge >= 0.3 is 0 Å². The first-order valence-corrected chi connectivity index (χ1v) is 7.25. The van der Waals surface area contributed by atoms with Crippen LogP contribution in [-0.4, -0.2) is 29.5 Å². The van der Waals surface area contributed by atoms with Gasteiger partial charge in [0.05, 0.1) is 27.9 Å². The maximum atomic E-state index is 12.4. The molecule has 0 aromatic heterocycles. The molecule has 0 spiro atoms. The number of benzene rings is 2. The number of hydrogen-bond acceptors (Lipinski definition) is 5. The Kier molecular flexibility index (Phi) is 3.01. The Morgan fingerprint density at radius 1 is 0.760 bits per heavy atom. The fourth-order valence-electron chi connectivity index (χ4n) is 2.83. The highest BCUT2D eigenvalue weighted by Crippen LogP contribution is 2.25. The van der Waals surface area contributed by atoms with Crippen LogP contribution >= 0.6 is 0 Å². The van der Waals surface area contributed by atoms with Crippen LogP contribution < -0.4 is 16.0 Å². The first kappa shape index (κ1) is 14.8. The van der Waals surface area contributed by atoms with Gasteiger partial charge in [-0.15, -0.1) is 0 Å². The van der Waals surface area contributed by atoms with Crippen LogP contribution in [0.2, 0.25) is 0 Å². The summed E-state index contributed by atoms with van der Waals surface area (Å²) < 4.78 is 0. The van der Waals surface area contributed by atoms with Crippen molar-refractivity contribution in [3.8, 4) is 0 Å². The van der Waals surface area contributed by atoms with Crippen molar-refractivity contribution in [3.05, 3.63) is 64.2 Å². The molecule has 122 valence electrons. The lowest BCUT2D eigenvalue weighted by atomic mass is 10.0. The minimum absolute atomic E-state index is 0.0925. The van der Waals surface area contributed by atoms with Gasteiger partial charge in [0, 0.05) is 5.56 Å². The second-order valence-electron chi connectivity index (χ2n) is 5.51. The lowest BCUT2D eigenvalue weighted by Crippen LogP contribution is -2.21. The van der Waals surface area contributed by atoms with E-state index in [2.05, 4.69) is 16.0 Å². The van der Waals surface area contributed by atoms with Gasteiger partial charge < -0.3 is 5.32 Å². The van der Waals surface area contributed by atoms with Crippen molar-refractivity contribution in [2.24, 2.45) is 0 Å². The van der Waals surface area contributed by atoms with Crippen LogP contribution in [0.4, 0.5) is 5.69 Å². The average molecular weight is 335 g/mol. The predicted octanol–water partition coefficient (Wildman–Crippen LogP) is 0.706. The largest absolute Gasteiger partial charge is 0.321 e. The van der Waals surface area contributed by atoms with Crippen molar-refractivity contribution in [1.29, 1.82) is 0 Å². The van der Waals surface area contributed by atoms with Crippen LogP contribution in [0.5, 0.6) is 0 Å². The van der Waals surface area contributed by atoms with E-state index in [0.717, 1.165) is 0 Å². The number of rotatable bonds is 2. The van der Waals surface area contributed by atoms with Gasteiger partial charge in [-0.1, -0.05) is 6.07 Å². The third-order valence-corrected chi connectivity index (χ3v) is 4.01. The number of imide groups is 2. The number of carbonyl (C=O) groups is 5. The van der Waals surface area contributed by atoms with Crippen LogP contribution in [0.1, 0.15) is 51.8 Å². The van der Waals surface area contributed by atoms with Gasteiger partial charge in [-0.2, -0.15) is 0 Å². The van der Waals surface area contributed by atoms with E-state index in [1.54, 1.807) is 6.07 Å². The molecule has 0 saturated heterocycles. The minimum atomic E-state index is -0.588. The summed E-state index contributed by atoms with van der Waals surface area (Å²) in [6, 6.07) is 8.62. The summed E-state index contributed by atoms with van der Waals surface area (Å²) in [4.78, 5) is 59.2. The van der Waals surface area contributed by atoms with Gasteiger partial charge in [-0.25, -0.2) is 0 Å². The van der Waals surface area contributed by atoms with Crippen LogP contribution in [-0.2, 0) is 0 Å². The molecule has 2 aliphatic heterocycles. The van der Waals surface area contributed by atoms with E-state index in [4.69, 9.17) is 0 Å². The second kappa shape index (κ2) is 5.10. The maximum absolute atomic E-state index is 12.4. The molecule has 2 aromatic carbocycles. The van der Waals surface area contributed by atoms with Gasteiger partial charge in [0.15, 0.2) is 0 Å². The lowest BCUT2D eigenvalue weighted by Gasteiger charge is -2.09. The zero-order valence-corrected chi connectivity index (χ0v) is 12.5. The highest BCUT2D eigenvalue weighted by Gasteiger charge is 2.31. The molecule has 2 aromatic rings. The molecule has 8 heteroatoms. The van der Waals surface area contributed by atoms with Crippen molar-refractivity contribution >= 4 is 35.2 Å². The smallest absolute Gasteiger partial charge is 0.261 e. The van der Waals surface area contributed by atoms with Crippen LogP contribution in [0, 0.1) is 0 Å². The minimum Gasteiger partial charge on any atom is -0.321 e. The molecule has 0 saturated carbocycles. The Morgan fingerprint density at radius 3 is 2.24 bits per heavy atom. The van der Waals surface area contributed by atoms with Gasteiger partial charge in [-0.05, 0) is 30.3 Å². The van der Waals surface area contributed by atoms with E-state index in [1.165, 1.54) is 30.3 Å². The molecule has 25 heavy (non-hydrogen) atoms. The van der Waals surface area contributed by atoms with Crippen molar-refractivity contribution in [2.45, 2.75) is 0 Å². The second-order valence-corrected chi connectivity index (χ2v) is 5.51. The summed E-state index contributed by atoms with van der Waals surface area (Å²) in [5.41, 5.74) is 0.922. The summed E-state index contributed by atoms with van der Waals surface area (Å²) in [5.74, 6) is -2.77. The first-order valence-electron chi connectivity index (χ1n) is 7.25. The fraction of sp³-hybridized carbons (Fsp3) is 0. The van der Waals surface area contributed by atoms with E-state index in [-0.39, 0.29) is 33.5 Å². The number of carbonyl (C=O) groups excluding carboxylic acids is 5. The molecule has 8 nitrogen and oxygen atoms in total. The molecular formula is C17H9N3O5. The van der Waals surface area contributed by atoms with E-state index >= 15 is 0 Å². The quantitative estimate of drug-likeness (QED) is 0.698. The molecular weight excluding hydrogens is 326 g/mol. The molecule has 5 amide bonds. The molecule has 0 bridgehead atoms. The van der Waals surface area contributed by atoms with Crippen molar-refractivity contribution < 1.29 is 24.0 Å². The highest BCUT2D eigenvalue weighted by molar-refractivity contribution is 6.25. The Bertz CT molecular complexity index is 1020. The molecule has 0 fully saturated rings. The van der Waals surface area contributed by atoms with Crippen LogP contribution in [0.3, 0.4) is 0 Å². The molecule has 4 rings (SSSR count). The predicted molar refractivity (Wildman–Crippen MR) is 84.4 cm³/mol. The summed E-state index contributed by atoms with van der Waals surface area (Å²) >= 11 is 0. The van der Waals surface area contributed by atoms with Crippen molar-refractivity contribution in [2.75, 3.05) is 5.32 Å². The number of amides is 5. The fourth-order valence-corrected chi connectivity index (χ4v) is 2.83. The SMILES string of the molecule is O=C(Nc1cccc2c1C(=O)NC2=O)c1ccc2c(c1)C(=O)NC2=O. The normalized spacial score (nSPS) is 14.7.